The molecule has 0 aliphatic carbocycles. The smallest absolute Gasteiger partial charge is 0.323 e. The second kappa shape index (κ2) is 8.04. The number of hydrogen-bond donors (Lipinski definition) is 2. The Balaban J connectivity index is 2.55. The van der Waals surface area contributed by atoms with Gasteiger partial charge < -0.3 is 15.3 Å². The van der Waals surface area contributed by atoms with Crippen molar-refractivity contribution in [3.63, 3.8) is 0 Å². The summed E-state index contributed by atoms with van der Waals surface area (Å²) in [5, 5.41) is 11.3. The molecule has 6 nitrogen and oxygen atoms in total. The van der Waals surface area contributed by atoms with Crippen LogP contribution < -0.4 is 5.32 Å². The van der Waals surface area contributed by atoms with E-state index in [2.05, 4.69) is 5.32 Å². The molecule has 0 aromatic heterocycles. The first-order valence-electron chi connectivity index (χ1n) is 6.78. The maximum absolute atomic E-state index is 11.9. The number of hydrogen-bond acceptors (Lipinski definition) is 3. The van der Waals surface area contributed by atoms with Crippen LogP contribution in [0, 0.1) is 6.92 Å². The molecule has 2 amide bonds. The Bertz CT molecular complexity index is 511. The van der Waals surface area contributed by atoms with Crippen molar-refractivity contribution >= 4 is 17.8 Å². The lowest BCUT2D eigenvalue weighted by atomic mass is 10.1. The Morgan fingerprint density at radius 3 is 2.33 bits per heavy atom. The number of carbonyl (C=O) groups is 3. The van der Waals surface area contributed by atoms with E-state index < -0.39 is 11.9 Å². The van der Waals surface area contributed by atoms with Gasteiger partial charge >= 0.3 is 5.97 Å². The maximum atomic E-state index is 11.9. The van der Waals surface area contributed by atoms with E-state index in [1.54, 1.807) is 12.1 Å². The number of amides is 2. The van der Waals surface area contributed by atoms with Crippen molar-refractivity contribution in [2.45, 2.75) is 20.3 Å². The molecule has 0 saturated heterocycles. The van der Waals surface area contributed by atoms with Gasteiger partial charge in [0.1, 0.15) is 6.54 Å². The van der Waals surface area contributed by atoms with E-state index >= 15 is 0 Å². The average Bonchev–Trinajstić information content (AvgIpc) is 2.44. The minimum absolute atomic E-state index is 0.208. The minimum atomic E-state index is -1.07. The van der Waals surface area contributed by atoms with Gasteiger partial charge in [-0.05, 0) is 25.5 Å². The standard InChI is InChI=1S/C15H20N2O4/c1-3-8-17(10-14(19)20)13(18)9-16-15(21)12-6-4-11(2)5-7-12/h4-7H,3,8-10H2,1-2H3,(H,16,21)(H,19,20). The zero-order valence-corrected chi connectivity index (χ0v) is 12.3. The van der Waals surface area contributed by atoms with Gasteiger partial charge in [0.2, 0.25) is 5.91 Å². The van der Waals surface area contributed by atoms with Gasteiger partial charge in [-0.3, -0.25) is 14.4 Å². The molecular formula is C15H20N2O4. The van der Waals surface area contributed by atoms with Crippen molar-refractivity contribution in [3.05, 3.63) is 35.4 Å². The van der Waals surface area contributed by atoms with Crippen LogP contribution in [-0.2, 0) is 9.59 Å². The molecule has 0 spiro atoms. The number of nitrogens with zero attached hydrogens (tertiary/aromatic N) is 1. The van der Waals surface area contributed by atoms with Crippen molar-refractivity contribution in [2.75, 3.05) is 19.6 Å². The van der Waals surface area contributed by atoms with E-state index in [0.29, 0.717) is 18.5 Å². The van der Waals surface area contributed by atoms with Gasteiger partial charge in [0, 0.05) is 12.1 Å². The average molecular weight is 292 g/mol. The number of aliphatic carboxylic acids is 1. The summed E-state index contributed by atoms with van der Waals surface area (Å²) < 4.78 is 0. The summed E-state index contributed by atoms with van der Waals surface area (Å²) in [6.07, 6.45) is 0.658. The molecule has 1 aromatic rings. The molecule has 2 N–H and O–H groups in total. The van der Waals surface area contributed by atoms with Crippen molar-refractivity contribution in [1.82, 2.24) is 10.2 Å². The van der Waals surface area contributed by atoms with Crippen molar-refractivity contribution in [3.8, 4) is 0 Å². The first kappa shape index (κ1) is 16.7. The molecule has 0 heterocycles. The maximum Gasteiger partial charge on any atom is 0.323 e. The van der Waals surface area contributed by atoms with Crippen molar-refractivity contribution < 1.29 is 19.5 Å². The number of aryl methyl sites for hydroxylation is 1. The monoisotopic (exact) mass is 292 g/mol. The van der Waals surface area contributed by atoms with Crippen LogP contribution in [0.1, 0.15) is 29.3 Å². The molecule has 6 heteroatoms. The van der Waals surface area contributed by atoms with Crippen LogP contribution in [0.5, 0.6) is 0 Å². The lowest BCUT2D eigenvalue weighted by Gasteiger charge is -2.20. The topological polar surface area (TPSA) is 86.7 Å². The molecule has 0 aliphatic rings. The number of carbonyl (C=O) groups excluding carboxylic acids is 2. The van der Waals surface area contributed by atoms with Gasteiger partial charge in [0.15, 0.2) is 0 Å². The van der Waals surface area contributed by atoms with Crippen LogP contribution in [0.15, 0.2) is 24.3 Å². The van der Waals surface area contributed by atoms with Crippen LogP contribution in [-0.4, -0.2) is 47.4 Å². The van der Waals surface area contributed by atoms with E-state index in [0.717, 1.165) is 5.56 Å². The van der Waals surface area contributed by atoms with Gasteiger partial charge in [-0.25, -0.2) is 0 Å². The van der Waals surface area contributed by atoms with Crippen LogP contribution in [0.25, 0.3) is 0 Å². The number of carboxylic acids is 1. The van der Waals surface area contributed by atoms with E-state index in [1.807, 2.05) is 26.0 Å². The molecule has 0 atom stereocenters. The predicted molar refractivity (Wildman–Crippen MR) is 78.0 cm³/mol. The second-order valence-electron chi connectivity index (χ2n) is 4.76. The highest BCUT2D eigenvalue weighted by atomic mass is 16.4. The largest absolute Gasteiger partial charge is 0.480 e. The third kappa shape index (κ3) is 5.64. The first-order chi connectivity index (χ1) is 9.93. The van der Waals surface area contributed by atoms with Crippen LogP contribution in [0.4, 0.5) is 0 Å². The van der Waals surface area contributed by atoms with E-state index in [9.17, 15) is 14.4 Å². The molecule has 114 valence electrons. The third-order valence-corrected chi connectivity index (χ3v) is 2.89. The van der Waals surface area contributed by atoms with Gasteiger partial charge in [0.05, 0.1) is 6.54 Å². The highest BCUT2D eigenvalue weighted by Gasteiger charge is 2.16. The Morgan fingerprint density at radius 2 is 1.81 bits per heavy atom. The predicted octanol–water partition coefficient (Wildman–Crippen LogP) is 1.05. The highest BCUT2D eigenvalue weighted by Crippen LogP contribution is 2.02. The summed E-state index contributed by atoms with van der Waals surface area (Å²) >= 11 is 0. The van der Waals surface area contributed by atoms with Crippen LogP contribution in [0.3, 0.4) is 0 Å². The van der Waals surface area contributed by atoms with E-state index in [4.69, 9.17) is 5.11 Å². The van der Waals surface area contributed by atoms with Gasteiger partial charge in [-0.15, -0.1) is 0 Å². The molecular weight excluding hydrogens is 272 g/mol. The first-order valence-corrected chi connectivity index (χ1v) is 6.78. The Labute approximate surface area is 123 Å². The summed E-state index contributed by atoms with van der Waals surface area (Å²) in [4.78, 5) is 35.7. The third-order valence-electron chi connectivity index (χ3n) is 2.89. The van der Waals surface area contributed by atoms with E-state index in [1.165, 1.54) is 4.90 Å². The fraction of sp³-hybridized carbons (Fsp3) is 0.400. The fourth-order valence-corrected chi connectivity index (χ4v) is 1.80. The minimum Gasteiger partial charge on any atom is -0.480 e. The lowest BCUT2D eigenvalue weighted by molar-refractivity contribution is -0.144. The van der Waals surface area contributed by atoms with Gasteiger partial charge in [0.25, 0.3) is 5.91 Å². The molecule has 0 radical (unpaired) electrons. The summed E-state index contributed by atoms with van der Waals surface area (Å²) in [6.45, 7) is 3.56. The molecule has 1 aromatic carbocycles. The number of nitrogens with one attached hydrogen (secondary N) is 1. The molecule has 0 bridgehead atoms. The normalized spacial score (nSPS) is 10.0. The Hall–Kier alpha value is -2.37. The van der Waals surface area contributed by atoms with Crippen molar-refractivity contribution in [1.29, 1.82) is 0 Å². The molecule has 0 fully saturated rings. The molecule has 0 unspecified atom stereocenters. The zero-order valence-electron chi connectivity index (χ0n) is 12.3. The van der Waals surface area contributed by atoms with Gasteiger partial charge in [-0.1, -0.05) is 24.6 Å². The number of rotatable bonds is 7. The number of benzene rings is 1. The zero-order chi connectivity index (χ0) is 15.8. The number of carboxylic acid groups (broad SMARTS) is 1. The Kier molecular flexibility index (Phi) is 6.39. The second-order valence-corrected chi connectivity index (χ2v) is 4.76. The lowest BCUT2D eigenvalue weighted by Crippen LogP contribution is -2.42. The van der Waals surface area contributed by atoms with Crippen LogP contribution in [0.2, 0.25) is 0 Å². The quantitative estimate of drug-likeness (QED) is 0.786. The molecule has 1 rings (SSSR count). The summed E-state index contributed by atoms with van der Waals surface area (Å²) in [7, 11) is 0. The fourth-order valence-electron chi connectivity index (χ4n) is 1.80. The van der Waals surface area contributed by atoms with E-state index in [-0.39, 0.29) is 19.0 Å². The van der Waals surface area contributed by atoms with Crippen molar-refractivity contribution in [2.24, 2.45) is 0 Å². The summed E-state index contributed by atoms with van der Waals surface area (Å²) in [5.41, 5.74) is 1.51. The van der Waals surface area contributed by atoms with Crippen LogP contribution >= 0.6 is 0 Å². The SMILES string of the molecule is CCCN(CC(=O)O)C(=O)CNC(=O)c1ccc(C)cc1. The Morgan fingerprint density at radius 1 is 1.19 bits per heavy atom. The highest BCUT2D eigenvalue weighted by molar-refractivity contribution is 5.96. The summed E-state index contributed by atoms with van der Waals surface area (Å²) in [5.74, 6) is -1.82. The molecule has 21 heavy (non-hydrogen) atoms. The van der Waals surface area contributed by atoms with Gasteiger partial charge in [-0.2, -0.15) is 0 Å². The summed E-state index contributed by atoms with van der Waals surface area (Å²) in [6, 6.07) is 6.97. The molecule has 0 aliphatic heterocycles. The molecule has 0 saturated carbocycles.